The van der Waals surface area contributed by atoms with Gasteiger partial charge in [-0.1, -0.05) is 18.2 Å². The smallest absolute Gasteiger partial charge is 0.240 e. The van der Waals surface area contributed by atoms with Crippen LogP contribution in [0.2, 0.25) is 0 Å². The van der Waals surface area contributed by atoms with E-state index in [0.717, 1.165) is 12.0 Å². The lowest BCUT2D eigenvalue weighted by atomic mass is 10.0. The van der Waals surface area contributed by atoms with Crippen LogP contribution < -0.4 is 15.4 Å². The number of hydrogen-bond donors (Lipinski definition) is 4. The number of methoxy groups -OCH3 is 1. The standard InChI is InChI=1S/C22H26BrN5O4S/c1-14(13-29)26-20-19(23)12-24-21(28-20)27-17-6-8-18(9-7-17)33(30,31)25-11-16-5-3-4-15-10-22(15,16)32-2/h3-9,12,14-15,25,29H,10-11,13H2,1-2H3,(H2,24,26,27,28)/t14-,15?,22-/m1/s1. The number of ether oxygens (including phenoxy) is 1. The third-order valence-electron chi connectivity index (χ3n) is 5.79. The number of halogens is 1. The van der Waals surface area contributed by atoms with Gasteiger partial charge in [-0.05, 0) is 59.1 Å². The Bertz CT molecular complexity index is 1190. The van der Waals surface area contributed by atoms with Crippen LogP contribution in [0.3, 0.4) is 0 Å². The number of aliphatic hydroxyl groups excluding tert-OH is 1. The third kappa shape index (κ3) is 5.12. The summed E-state index contributed by atoms with van der Waals surface area (Å²) < 4.78 is 34.6. The van der Waals surface area contributed by atoms with Gasteiger partial charge in [0.1, 0.15) is 5.82 Å². The molecule has 9 nitrogen and oxygen atoms in total. The van der Waals surface area contributed by atoms with Gasteiger partial charge in [0.15, 0.2) is 0 Å². The molecule has 11 heteroatoms. The topological polar surface area (TPSA) is 125 Å². The minimum Gasteiger partial charge on any atom is -0.394 e. The van der Waals surface area contributed by atoms with Crippen LogP contribution in [0.1, 0.15) is 13.3 Å². The van der Waals surface area contributed by atoms with Crippen LogP contribution in [0.25, 0.3) is 0 Å². The van der Waals surface area contributed by atoms with Crippen molar-refractivity contribution in [1.29, 1.82) is 0 Å². The summed E-state index contributed by atoms with van der Waals surface area (Å²) in [6, 6.07) is 6.18. The maximum atomic E-state index is 12.8. The molecule has 0 amide bonds. The van der Waals surface area contributed by atoms with Crippen LogP contribution in [0.4, 0.5) is 17.5 Å². The van der Waals surface area contributed by atoms with Crippen LogP contribution in [0.15, 0.2) is 63.6 Å². The molecule has 4 N–H and O–H groups in total. The molecule has 4 rings (SSSR count). The zero-order chi connectivity index (χ0) is 23.6. The highest BCUT2D eigenvalue weighted by molar-refractivity contribution is 9.10. The van der Waals surface area contributed by atoms with Crippen LogP contribution in [-0.4, -0.2) is 55.4 Å². The van der Waals surface area contributed by atoms with E-state index in [0.29, 0.717) is 27.8 Å². The number of benzene rings is 1. The molecule has 1 heterocycles. The first-order chi connectivity index (χ1) is 15.8. The van der Waals surface area contributed by atoms with Gasteiger partial charge >= 0.3 is 0 Å². The van der Waals surface area contributed by atoms with Gasteiger partial charge in [0.25, 0.3) is 0 Å². The lowest BCUT2D eigenvalue weighted by Gasteiger charge is -2.21. The fourth-order valence-electron chi connectivity index (χ4n) is 3.79. The minimum atomic E-state index is -3.69. The summed E-state index contributed by atoms with van der Waals surface area (Å²) in [5.74, 6) is 1.19. The van der Waals surface area contributed by atoms with Gasteiger partial charge in [-0.25, -0.2) is 18.1 Å². The van der Waals surface area contributed by atoms with E-state index in [1.807, 2.05) is 19.1 Å². The van der Waals surface area contributed by atoms with Gasteiger partial charge in [-0.3, -0.25) is 0 Å². The number of aromatic nitrogens is 2. The largest absolute Gasteiger partial charge is 0.394 e. The predicted octanol–water partition coefficient (Wildman–Crippen LogP) is 2.96. The van der Waals surface area contributed by atoms with Crippen molar-refractivity contribution in [2.75, 3.05) is 30.9 Å². The fraction of sp³-hybridized carbons (Fsp3) is 0.364. The Balaban J connectivity index is 1.41. The zero-order valence-electron chi connectivity index (χ0n) is 18.2. The highest BCUT2D eigenvalue weighted by Gasteiger charge is 2.56. The highest BCUT2D eigenvalue weighted by Crippen LogP contribution is 2.54. The van der Waals surface area contributed by atoms with E-state index in [-0.39, 0.29) is 29.7 Å². The van der Waals surface area contributed by atoms with E-state index in [1.54, 1.807) is 25.4 Å². The van der Waals surface area contributed by atoms with Gasteiger partial charge in [-0.15, -0.1) is 0 Å². The number of sulfonamides is 1. The predicted molar refractivity (Wildman–Crippen MR) is 130 cm³/mol. The molecule has 0 spiro atoms. The molecule has 1 unspecified atom stereocenters. The molecule has 2 aliphatic carbocycles. The van der Waals surface area contributed by atoms with Gasteiger partial charge in [0.05, 0.1) is 21.6 Å². The number of fused-ring (bicyclic) bond motifs is 1. The monoisotopic (exact) mass is 535 g/mol. The second kappa shape index (κ2) is 9.51. The molecule has 1 fully saturated rings. The molecule has 0 radical (unpaired) electrons. The van der Waals surface area contributed by atoms with Crippen LogP contribution >= 0.6 is 15.9 Å². The Labute approximate surface area is 201 Å². The molecular formula is C22H26BrN5O4S. The Hall–Kier alpha value is -2.31. The first-order valence-electron chi connectivity index (χ1n) is 10.5. The SMILES string of the molecule is CO[C@]12CC1C=CC=C2CNS(=O)(=O)c1ccc(Nc2ncc(Br)c(N[C@H](C)CO)n2)cc1. The second-order valence-corrected chi connectivity index (χ2v) is 10.7. The van der Waals surface area contributed by atoms with Crippen LogP contribution in [0, 0.1) is 5.92 Å². The lowest BCUT2D eigenvalue weighted by molar-refractivity contribution is 0.0997. The van der Waals surface area contributed by atoms with Crippen LogP contribution in [0.5, 0.6) is 0 Å². The van der Waals surface area contributed by atoms with Crippen molar-refractivity contribution >= 4 is 43.4 Å². The maximum Gasteiger partial charge on any atom is 0.240 e. The van der Waals surface area contributed by atoms with E-state index in [2.05, 4.69) is 47.3 Å². The zero-order valence-corrected chi connectivity index (χ0v) is 20.6. The van der Waals surface area contributed by atoms with Crippen molar-refractivity contribution in [3.63, 3.8) is 0 Å². The van der Waals surface area contributed by atoms with E-state index in [4.69, 9.17) is 4.74 Å². The second-order valence-electron chi connectivity index (χ2n) is 8.07. The van der Waals surface area contributed by atoms with Gasteiger partial charge in [0, 0.05) is 37.5 Å². The number of aliphatic hydroxyl groups is 1. The lowest BCUT2D eigenvalue weighted by Crippen LogP contribution is -2.32. The minimum absolute atomic E-state index is 0.0375. The van der Waals surface area contributed by atoms with Crippen LogP contribution in [-0.2, 0) is 14.8 Å². The Kier molecular flexibility index (Phi) is 6.87. The third-order valence-corrected chi connectivity index (χ3v) is 7.78. The van der Waals surface area contributed by atoms with Crippen molar-refractivity contribution in [2.24, 2.45) is 5.92 Å². The molecule has 0 aliphatic heterocycles. The molecule has 3 atom stereocenters. The number of rotatable bonds is 10. The highest BCUT2D eigenvalue weighted by atomic mass is 79.9. The fourth-order valence-corrected chi connectivity index (χ4v) is 5.10. The summed E-state index contributed by atoms with van der Waals surface area (Å²) in [5, 5.41) is 15.4. The van der Waals surface area contributed by atoms with Crippen molar-refractivity contribution in [3.05, 3.63) is 58.7 Å². The number of allylic oxidation sites excluding steroid dienone is 2. The van der Waals surface area contributed by atoms with Crippen molar-refractivity contribution in [1.82, 2.24) is 14.7 Å². The molecule has 2 aliphatic rings. The first-order valence-corrected chi connectivity index (χ1v) is 12.7. The summed E-state index contributed by atoms with van der Waals surface area (Å²) in [7, 11) is -2.03. The molecule has 1 aromatic heterocycles. The Morgan fingerprint density at radius 3 is 2.79 bits per heavy atom. The summed E-state index contributed by atoms with van der Waals surface area (Å²) in [6.07, 6.45) is 8.44. The number of anilines is 3. The molecule has 0 bridgehead atoms. The summed E-state index contributed by atoms with van der Waals surface area (Å²) in [6.45, 7) is 1.99. The first kappa shape index (κ1) is 23.8. The molecule has 176 valence electrons. The van der Waals surface area contributed by atoms with E-state index >= 15 is 0 Å². The molecule has 1 saturated carbocycles. The molecule has 1 aromatic carbocycles. The number of hydrogen-bond acceptors (Lipinski definition) is 8. The Morgan fingerprint density at radius 2 is 2.09 bits per heavy atom. The summed E-state index contributed by atoms with van der Waals surface area (Å²) in [4.78, 5) is 8.77. The van der Waals surface area contributed by atoms with Gasteiger partial charge in [0.2, 0.25) is 16.0 Å². The number of nitrogens with one attached hydrogen (secondary N) is 3. The Morgan fingerprint density at radius 1 is 1.33 bits per heavy atom. The van der Waals surface area contributed by atoms with E-state index < -0.39 is 10.0 Å². The van der Waals surface area contributed by atoms with Crippen molar-refractivity contribution < 1.29 is 18.3 Å². The van der Waals surface area contributed by atoms with Crippen molar-refractivity contribution in [3.8, 4) is 0 Å². The van der Waals surface area contributed by atoms with E-state index in [1.165, 1.54) is 12.1 Å². The average Bonchev–Trinajstić information content (AvgIpc) is 3.56. The summed E-state index contributed by atoms with van der Waals surface area (Å²) in [5.41, 5.74) is 1.21. The molecular weight excluding hydrogens is 510 g/mol. The number of nitrogens with zero attached hydrogens (tertiary/aromatic N) is 2. The van der Waals surface area contributed by atoms with E-state index in [9.17, 15) is 13.5 Å². The van der Waals surface area contributed by atoms with Crippen molar-refractivity contribution in [2.45, 2.75) is 29.9 Å². The quantitative estimate of drug-likeness (QED) is 0.365. The summed E-state index contributed by atoms with van der Waals surface area (Å²) >= 11 is 3.38. The average molecular weight is 536 g/mol. The van der Waals surface area contributed by atoms with Gasteiger partial charge in [-0.2, -0.15) is 4.98 Å². The molecule has 2 aromatic rings. The molecule has 0 saturated heterocycles. The van der Waals surface area contributed by atoms with Gasteiger partial charge < -0.3 is 20.5 Å². The normalized spacial score (nSPS) is 22.3. The molecule has 33 heavy (non-hydrogen) atoms. The maximum absolute atomic E-state index is 12.8.